The zero-order valence-electron chi connectivity index (χ0n) is 15.1. The highest BCUT2D eigenvalue weighted by Gasteiger charge is 2.35. The Morgan fingerprint density at radius 2 is 1.83 bits per heavy atom. The van der Waals surface area contributed by atoms with Gasteiger partial charge in [0, 0.05) is 28.2 Å². The van der Waals surface area contributed by atoms with Gasteiger partial charge in [-0.15, -0.1) is 0 Å². The van der Waals surface area contributed by atoms with Gasteiger partial charge in [0.05, 0.1) is 11.3 Å². The highest BCUT2D eigenvalue weighted by molar-refractivity contribution is 7.92. The van der Waals surface area contributed by atoms with Crippen LogP contribution < -0.4 is 4.72 Å². The summed E-state index contributed by atoms with van der Waals surface area (Å²) in [6.07, 6.45) is -4.84. The summed E-state index contributed by atoms with van der Waals surface area (Å²) in [5, 5.41) is 10.9. The van der Waals surface area contributed by atoms with Gasteiger partial charge in [-0.25, -0.2) is 8.42 Å². The molecule has 1 N–H and O–H groups in total. The molecule has 0 fully saturated rings. The Morgan fingerprint density at radius 3 is 2.38 bits per heavy atom. The third-order valence-electron chi connectivity index (χ3n) is 4.24. The van der Waals surface area contributed by atoms with Crippen molar-refractivity contribution in [3.05, 3.63) is 53.1 Å². The maximum absolute atomic E-state index is 12.4. The Hall–Kier alpha value is -2.70. The number of fused-ring (bicyclic) bond motifs is 1. The highest BCUT2D eigenvalue weighted by Crippen LogP contribution is 2.35. The summed E-state index contributed by atoms with van der Waals surface area (Å²) in [7, 11) is -4.57. The van der Waals surface area contributed by atoms with Gasteiger partial charge in [-0.3, -0.25) is 4.72 Å². The number of halogens is 4. The van der Waals surface area contributed by atoms with E-state index in [1.54, 1.807) is 24.3 Å². The summed E-state index contributed by atoms with van der Waals surface area (Å²) in [4.78, 5) is 0. The van der Waals surface area contributed by atoms with Gasteiger partial charge in [-0.05, 0) is 42.8 Å². The van der Waals surface area contributed by atoms with Crippen molar-refractivity contribution >= 4 is 38.2 Å². The van der Waals surface area contributed by atoms with Crippen LogP contribution in [0.4, 0.5) is 18.9 Å². The summed E-state index contributed by atoms with van der Waals surface area (Å²) in [5.74, 6) is -1.97. The van der Waals surface area contributed by atoms with Gasteiger partial charge in [0.2, 0.25) is 10.0 Å². The maximum atomic E-state index is 12.4. The van der Waals surface area contributed by atoms with Crippen molar-refractivity contribution in [2.45, 2.75) is 19.6 Å². The standard InChI is InChI=1S/C19H15ClF3N3O2S/c1-2-26-17-8-5-13(20)9-15(17)16(10-24)18(26)12-3-6-14(7-4-12)25-29(27,28)11-19(21,22)23/h3-9,25H,2,11H2,1H3. The minimum Gasteiger partial charge on any atom is -0.340 e. The average molecular weight is 442 g/mol. The topological polar surface area (TPSA) is 74.9 Å². The molecule has 1 heterocycles. The zero-order chi connectivity index (χ0) is 21.4. The minimum atomic E-state index is -4.84. The lowest BCUT2D eigenvalue weighted by molar-refractivity contribution is -0.106. The first kappa shape index (κ1) is 21.0. The predicted molar refractivity (Wildman–Crippen MR) is 106 cm³/mol. The van der Waals surface area contributed by atoms with E-state index in [9.17, 15) is 26.9 Å². The predicted octanol–water partition coefficient (Wildman–Crippen LogP) is 5.16. The molecule has 0 amide bonds. The fourth-order valence-electron chi connectivity index (χ4n) is 3.20. The molecule has 29 heavy (non-hydrogen) atoms. The number of benzene rings is 2. The average Bonchev–Trinajstić information content (AvgIpc) is 2.92. The Balaban J connectivity index is 2.03. The third kappa shape index (κ3) is 4.49. The molecule has 0 unspecified atom stereocenters. The first-order chi connectivity index (χ1) is 13.5. The van der Waals surface area contributed by atoms with E-state index in [2.05, 4.69) is 6.07 Å². The van der Waals surface area contributed by atoms with Gasteiger partial charge in [-0.2, -0.15) is 18.4 Å². The van der Waals surface area contributed by atoms with Crippen LogP contribution in [0.2, 0.25) is 5.02 Å². The second kappa shape index (κ2) is 7.61. The Labute approximate surface area is 170 Å². The van der Waals surface area contributed by atoms with E-state index in [1.165, 1.54) is 12.1 Å². The van der Waals surface area contributed by atoms with Crippen LogP contribution in [-0.2, 0) is 16.6 Å². The van der Waals surface area contributed by atoms with E-state index >= 15 is 0 Å². The molecule has 0 radical (unpaired) electrons. The van der Waals surface area contributed by atoms with Crippen LogP contribution in [-0.4, -0.2) is 24.9 Å². The number of hydrogen-bond donors (Lipinski definition) is 1. The fraction of sp³-hybridized carbons (Fsp3) is 0.211. The Bertz CT molecular complexity index is 1210. The van der Waals surface area contributed by atoms with Crippen molar-refractivity contribution in [3.63, 3.8) is 0 Å². The Morgan fingerprint density at radius 1 is 1.17 bits per heavy atom. The van der Waals surface area contributed by atoms with Crippen LogP contribution in [0.3, 0.4) is 0 Å². The maximum Gasteiger partial charge on any atom is 0.404 e. The lowest BCUT2D eigenvalue weighted by Crippen LogP contribution is -2.27. The molecule has 1 aromatic heterocycles. The molecule has 3 aromatic rings. The van der Waals surface area contributed by atoms with Crippen LogP contribution in [0.15, 0.2) is 42.5 Å². The van der Waals surface area contributed by atoms with Crippen molar-refractivity contribution in [1.29, 1.82) is 5.26 Å². The van der Waals surface area contributed by atoms with Gasteiger partial charge < -0.3 is 4.57 Å². The molecule has 0 atom stereocenters. The summed E-state index contributed by atoms with van der Waals surface area (Å²) < 4.78 is 64.2. The monoisotopic (exact) mass is 441 g/mol. The SMILES string of the molecule is CCn1c(-c2ccc(NS(=O)(=O)CC(F)(F)F)cc2)c(C#N)c2cc(Cl)ccc21. The van der Waals surface area contributed by atoms with Gasteiger partial charge in [-0.1, -0.05) is 23.7 Å². The van der Waals surface area contributed by atoms with Crippen molar-refractivity contribution in [3.8, 4) is 17.3 Å². The molecule has 3 rings (SSSR count). The van der Waals surface area contributed by atoms with E-state index in [0.29, 0.717) is 33.8 Å². The van der Waals surface area contributed by atoms with E-state index in [4.69, 9.17) is 11.6 Å². The summed E-state index contributed by atoms with van der Waals surface area (Å²) in [5.41, 5.74) is 2.47. The molecule has 152 valence electrons. The molecule has 2 aromatic carbocycles. The molecule has 0 saturated carbocycles. The number of anilines is 1. The van der Waals surface area contributed by atoms with E-state index in [0.717, 1.165) is 5.52 Å². The normalized spacial score (nSPS) is 12.1. The fourth-order valence-corrected chi connectivity index (χ4v) is 4.37. The number of hydrogen-bond acceptors (Lipinski definition) is 3. The number of nitriles is 1. The molecule has 10 heteroatoms. The lowest BCUT2D eigenvalue weighted by atomic mass is 10.1. The third-order valence-corrected chi connectivity index (χ3v) is 5.73. The van der Waals surface area contributed by atoms with Gasteiger partial charge in [0.15, 0.2) is 5.75 Å². The van der Waals surface area contributed by atoms with E-state index < -0.39 is 22.0 Å². The number of nitrogens with zero attached hydrogens (tertiary/aromatic N) is 2. The molecule has 0 saturated heterocycles. The van der Waals surface area contributed by atoms with Gasteiger partial charge in [0.1, 0.15) is 6.07 Å². The number of aryl methyl sites for hydroxylation is 1. The van der Waals surface area contributed by atoms with E-state index in [-0.39, 0.29) is 5.69 Å². The molecule has 0 bridgehead atoms. The smallest absolute Gasteiger partial charge is 0.340 e. The number of sulfonamides is 1. The molecule has 0 aliphatic heterocycles. The number of aromatic nitrogens is 1. The van der Waals surface area contributed by atoms with Crippen LogP contribution >= 0.6 is 11.6 Å². The molecular weight excluding hydrogens is 427 g/mol. The van der Waals surface area contributed by atoms with Crippen molar-refractivity contribution in [2.24, 2.45) is 0 Å². The quantitative estimate of drug-likeness (QED) is 0.594. The number of alkyl halides is 3. The second-order valence-corrected chi connectivity index (χ2v) is 8.45. The minimum absolute atomic E-state index is 0.00119. The highest BCUT2D eigenvalue weighted by atomic mass is 35.5. The first-order valence-electron chi connectivity index (χ1n) is 8.44. The molecule has 0 aliphatic rings. The largest absolute Gasteiger partial charge is 0.404 e. The van der Waals surface area contributed by atoms with Crippen LogP contribution in [0, 0.1) is 11.3 Å². The summed E-state index contributed by atoms with van der Waals surface area (Å²) in [6, 6.07) is 13.2. The van der Waals surface area contributed by atoms with Crippen LogP contribution in [0.25, 0.3) is 22.2 Å². The van der Waals surface area contributed by atoms with Crippen LogP contribution in [0.1, 0.15) is 12.5 Å². The zero-order valence-corrected chi connectivity index (χ0v) is 16.7. The lowest BCUT2D eigenvalue weighted by Gasteiger charge is -2.12. The van der Waals surface area contributed by atoms with Crippen molar-refractivity contribution in [2.75, 3.05) is 10.5 Å². The number of nitrogens with one attached hydrogen (secondary N) is 1. The first-order valence-corrected chi connectivity index (χ1v) is 10.5. The molecule has 5 nitrogen and oxygen atoms in total. The van der Waals surface area contributed by atoms with Gasteiger partial charge >= 0.3 is 6.18 Å². The van der Waals surface area contributed by atoms with Crippen molar-refractivity contribution < 1.29 is 21.6 Å². The number of rotatable bonds is 5. The summed E-state index contributed by atoms with van der Waals surface area (Å²) >= 11 is 6.06. The summed E-state index contributed by atoms with van der Waals surface area (Å²) in [6.45, 7) is 2.48. The van der Waals surface area contributed by atoms with Gasteiger partial charge in [0.25, 0.3) is 0 Å². The van der Waals surface area contributed by atoms with Crippen LogP contribution in [0.5, 0.6) is 0 Å². The second-order valence-electron chi connectivity index (χ2n) is 6.29. The molecular formula is C19H15ClF3N3O2S. The molecule has 0 spiro atoms. The molecule has 0 aliphatic carbocycles. The Kier molecular flexibility index (Phi) is 5.52. The van der Waals surface area contributed by atoms with Crippen molar-refractivity contribution in [1.82, 2.24) is 4.57 Å². The van der Waals surface area contributed by atoms with E-state index in [1.807, 2.05) is 22.3 Å².